The molecule has 0 unspecified atom stereocenters. The number of aromatic nitrogens is 2. The van der Waals surface area contributed by atoms with Crippen molar-refractivity contribution in [3.05, 3.63) is 34.6 Å². The van der Waals surface area contributed by atoms with Gasteiger partial charge in [0.2, 0.25) is 0 Å². The summed E-state index contributed by atoms with van der Waals surface area (Å²) >= 11 is 0. The summed E-state index contributed by atoms with van der Waals surface area (Å²) in [6, 6.07) is 3.76. The standard InChI is InChI=1S/C12H12N2O2/c1-7-3-9(13-11(7)5-15)10-4-8(2)12(6-16)14-10/h3-6,13-14H,1-2H3. The Morgan fingerprint density at radius 2 is 1.25 bits per heavy atom. The molecule has 2 N–H and O–H groups in total. The lowest BCUT2D eigenvalue weighted by atomic mass is 10.2. The van der Waals surface area contributed by atoms with E-state index in [0.29, 0.717) is 11.4 Å². The van der Waals surface area contributed by atoms with Crippen LogP contribution in [0.1, 0.15) is 32.1 Å². The van der Waals surface area contributed by atoms with E-state index >= 15 is 0 Å². The average Bonchev–Trinajstić information content (AvgIpc) is 2.81. The molecule has 2 aromatic heterocycles. The predicted molar refractivity (Wildman–Crippen MR) is 60.8 cm³/mol. The van der Waals surface area contributed by atoms with Crippen LogP contribution in [-0.2, 0) is 0 Å². The number of H-pyrrole nitrogens is 2. The molecule has 0 aliphatic rings. The number of nitrogens with one attached hydrogen (secondary N) is 2. The van der Waals surface area contributed by atoms with E-state index in [2.05, 4.69) is 9.97 Å². The number of rotatable bonds is 3. The van der Waals surface area contributed by atoms with Crippen molar-refractivity contribution in [3.63, 3.8) is 0 Å². The Kier molecular flexibility index (Phi) is 2.48. The number of carbonyl (C=O) groups excluding carboxylic acids is 2. The first-order valence-electron chi connectivity index (χ1n) is 4.95. The Hall–Kier alpha value is -2.10. The highest BCUT2D eigenvalue weighted by Gasteiger charge is 2.09. The van der Waals surface area contributed by atoms with Crippen LogP contribution in [0.25, 0.3) is 11.4 Å². The van der Waals surface area contributed by atoms with Crippen LogP contribution in [0.2, 0.25) is 0 Å². The van der Waals surface area contributed by atoms with Gasteiger partial charge in [0.1, 0.15) is 0 Å². The zero-order chi connectivity index (χ0) is 11.7. The molecule has 0 aliphatic heterocycles. The van der Waals surface area contributed by atoms with E-state index < -0.39 is 0 Å². The minimum atomic E-state index is 0.565. The number of hydrogen-bond acceptors (Lipinski definition) is 2. The summed E-state index contributed by atoms with van der Waals surface area (Å²) in [4.78, 5) is 27.4. The number of hydrogen-bond donors (Lipinski definition) is 2. The number of aldehydes is 2. The second-order valence-electron chi connectivity index (χ2n) is 3.80. The van der Waals surface area contributed by atoms with Crippen molar-refractivity contribution in [2.45, 2.75) is 13.8 Å². The first-order valence-corrected chi connectivity index (χ1v) is 4.95. The van der Waals surface area contributed by atoms with Gasteiger partial charge in [-0.3, -0.25) is 9.59 Å². The largest absolute Gasteiger partial charge is 0.351 e. The molecule has 2 heterocycles. The lowest BCUT2D eigenvalue weighted by Crippen LogP contribution is -1.84. The smallest absolute Gasteiger partial charge is 0.166 e. The Bertz CT molecular complexity index is 499. The van der Waals surface area contributed by atoms with Gasteiger partial charge >= 0.3 is 0 Å². The topological polar surface area (TPSA) is 65.7 Å². The van der Waals surface area contributed by atoms with Crippen LogP contribution < -0.4 is 0 Å². The molecule has 2 rings (SSSR count). The molecule has 0 saturated heterocycles. The van der Waals surface area contributed by atoms with Crippen LogP contribution in [0, 0.1) is 13.8 Å². The molecule has 2 aromatic rings. The van der Waals surface area contributed by atoms with Crippen molar-refractivity contribution < 1.29 is 9.59 Å². The van der Waals surface area contributed by atoms with E-state index in [1.807, 2.05) is 26.0 Å². The molecule has 0 radical (unpaired) electrons. The minimum absolute atomic E-state index is 0.565. The van der Waals surface area contributed by atoms with Crippen molar-refractivity contribution in [2.75, 3.05) is 0 Å². The molecule has 0 bridgehead atoms. The maximum atomic E-state index is 10.7. The minimum Gasteiger partial charge on any atom is -0.351 e. The summed E-state index contributed by atoms with van der Waals surface area (Å²) in [5, 5.41) is 0. The van der Waals surface area contributed by atoms with Crippen LogP contribution in [0.4, 0.5) is 0 Å². The summed E-state index contributed by atoms with van der Waals surface area (Å²) in [7, 11) is 0. The fourth-order valence-corrected chi connectivity index (χ4v) is 1.68. The third kappa shape index (κ3) is 1.58. The van der Waals surface area contributed by atoms with Gasteiger partial charge in [-0.15, -0.1) is 0 Å². The molecule has 0 aromatic carbocycles. The quantitative estimate of drug-likeness (QED) is 0.773. The molecule has 16 heavy (non-hydrogen) atoms. The van der Waals surface area contributed by atoms with Crippen molar-refractivity contribution in [2.24, 2.45) is 0 Å². The highest BCUT2D eigenvalue weighted by Crippen LogP contribution is 2.22. The molecule has 4 heteroatoms. The SMILES string of the molecule is Cc1cc(-c2cc(C)c(C=O)[nH]2)[nH]c1C=O. The van der Waals surface area contributed by atoms with Gasteiger partial charge in [-0.1, -0.05) is 0 Å². The van der Waals surface area contributed by atoms with E-state index in [1.165, 1.54) is 0 Å². The molecule has 0 saturated carbocycles. The lowest BCUT2D eigenvalue weighted by Gasteiger charge is -1.91. The Morgan fingerprint density at radius 1 is 0.875 bits per heavy atom. The van der Waals surface area contributed by atoms with Crippen LogP contribution in [0.5, 0.6) is 0 Å². The predicted octanol–water partition coefficient (Wildman–Crippen LogP) is 2.25. The van der Waals surface area contributed by atoms with Gasteiger partial charge in [-0.05, 0) is 37.1 Å². The zero-order valence-corrected chi connectivity index (χ0v) is 9.13. The average molecular weight is 216 g/mol. The van der Waals surface area contributed by atoms with E-state index in [1.54, 1.807) is 0 Å². The van der Waals surface area contributed by atoms with E-state index in [9.17, 15) is 9.59 Å². The zero-order valence-electron chi connectivity index (χ0n) is 9.13. The maximum absolute atomic E-state index is 10.7. The second kappa shape index (κ2) is 3.81. The molecule has 0 spiro atoms. The summed E-state index contributed by atoms with van der Waals surface area (Å²) in [5.41, 5.74) is 4.55. The first kappa shape index (κ1) is 10.4. The van der Waals surface area contributed by atoms with E-state index in [0.717, 1.165) is 35.1 Å². The van der Waals surface area contributed by atoms with E-state index in [-0.39, 0.29) is 0 Å². The summed E-state index contributed by atoms with van der Waals surface area (Å²) in [6.07, 6.45) is 1.57. The van der Waals surface area contributed by atoms with Crippen molar-refractivity contribution in [3.8, 4) is 11.4 Å². The highest BCUT2D eigenvalue weighted by molar-refractivity contribution is 5.80. The Morgan fingerprint density at radius 3 is 1.50 bits per heavy atom. The van der Waals surface area contributed by atoms with E-state index in [4.69, 9.17) is 0 Å². The molecule has 0 atom stereocenters. The van der Waals surface area contributed by atoms with Crippen LogP contribution in [-0.4, -0.2) is 22.5 Å². The van der Waals surface area contributed by atoms with Gasteiger partial charge in [-0.2, -0.15) is 0 Å². The molecule has 4 nitrogen and oxygen atoms in total. The molecule has 0 aliphatic carbocycles. The van der Waals surface area contributed by atoms with Gasteiger partial charge in [0.25, 0.3) is 0 Å². The number of carbonyl (C=O) groups is 2. The fourth-order valence-electron chi connectivity index (χ4n) is 1.68. The fraction of sp³-hybridized carbons (Fsp3) is 0.167. The molecule has 0 fully saturated rings. The molecule has 82 valence electrons. The molecule has 0 amide bonds. The Labute approximate surface area is 92.7 Å². The summed E-state index contributed by atoms with van der Waals surface area (Å²) < 4.78 is 0. The van der Waals surface area contributed by atoms with Gasteiger partial charge < -0.3 is 9.97 Å². The molecular formula is C12H12N2O2. The monoisotopic (exact) mass is 216 g/mol. The van der Waals surface area contributed by atoms with Crippen molar-refractivity contribution in [1.29, 1.82) is 0 Å². The lowest BCUT2D eigenvalue weighted by molar-refractivity contribution is 0.111. The van der Waals surface area contributed by atoms with Gasteiger partial charge in [0.15, 0.2) is 12.6 Å². The van der Waals surface area contributed by atoms with Crippen molar-refractivity contribution in [1.82, 2.24) is 9.97 Å². The first-order chi connectivity index (χ1) is 7.65. The maximum Gasteiger partial charge on any atom is 0.166 e. The summed E-state index contributed by atoms with van der Waals surface area (Å²) in [6.45, 7) is 3.72. The van der Waals surface area contributed by atoms with Crippen LogP contribution >= 0.6 is 0 Å². The van der Waals surface area contributed by atoms with Gasteiger partial charge in [0.05, 0.1) is 22.8 Å². The highest BCUT2D eigenvalue weighted by atomic mass is 16.1. The van der Waals surface area contributed by atoms with Crippen LogP contribution in [0.15, 0.2) is 12.1 Å². The van der Waals surface area contributed by atoms with Crippen LogP contribution in [0.3, 0.4) is 0 Å². The summed E-state index contributed by atoms with van der Waals surface area (Å²) in [5.74, 6) is 0. The molecular weight excluding hydrogens is 204 g/mol. The number of aromatic amines is 2. The van der Waals surface area contributed by atoms with Crippen molar-refractivity contribution >= 4 is 12.6 Å². The third-order valence-electron chi connectivity index (χ3n) is 2.64. The van der Waals surface area contributed by atoms with Gasteiger partial charge in [-0.25, -0.2) is 0 Å². The normalized spacial score (nSPS) is 10.4. The third-order valence-corrected chi connectivity index (χ3v) is 2.64. The number of aryl methyl sites for hydroxylation is 2. The Balaban J connectivity index is 2.49. The van der Waals surface area contributed by atoms with Gasteiger partial charge in [0, 0.05) is 0 Å². The second-order valence-corrected chi connectivity index (χ2v) is 3.80.